The van der Waals surface area contributed by atoms with Crippen molar-refractivity contribution in [2.75, 3.05) is 7.11 Å². The fraction of sp³-hybridized carbons (Fsp3) is 0.333. The van der Waals surface area contributed by atoms with Crippen LogP contribution < -0.4 is 10.1 Å². The summed E-state index contributed by atoms with van der Waals surface area (Å²) in [6.45, 7) is 3.71. The zero-order valence-electron chi connectivity index (χ0n) is 12.1. The number of thiazole rings is 1. The number of hydrogen-bond donors (Lipinski definition) is 1. The van der Waals surface area contributed by atoms with Crippen LogP contribution in [-0.4, -0.2) is 18.0 Å². The Morgan fingerprint density at radius 2 is 2.29 bits per heavy atom. The number of ether oxygens (including phenoxy) is 1. The van der Waals surface area contributed by atoms with Crippen molar-refractivity contribution in [2.24, 2.45) is 0 Å². The number of benzene rings is 1. The van der Waals surface area contributed by atoms with Crippen molar-refractivity contribution in [3.63, 3.8) is 0 Å². The van der Waals surface area contributed by atoms with Crippen LogP contribution >= 0.6 is 11.3 Å². The Balaban J connectivity index is 1.98. The third kappa shape index (κ3) is 4.01. The summed E-state index contributed by atoms with van der Waals surface area (Å²) in [5.41, 5.74) is 1.44. The zero-order chi connectivity index (χ0) is 15.4. The topological polar surface area (TPSA) is 51.2 Å². The number of methoxy groups -OCH3 is 1. The highest BCUT2D eigenvalue weighted by Gasteiger charge is 2.13. The molecular weight excluding hydrogens is 291 g/mol. The molecule has 1 atom stereocenters. The number of rotatable bonds is 5. The number of nitrogens with one attached hydrogen (secondary N) is 1. The number of carbonyl (C=O) groups is 1. The summed E-state index contributed by atoms with van der Waals surface area (Å²) >= 11 is 1.51. The molecule has 6 heteroatoms. The number of halogens is 1. The van der Waals surface area contributed by atoms with Crippen molar-refractivity contribution in [3.8, 4) is 5.75 Å². The molecule has 0 aliphatic carbocycles. The smallest absolute Gasteiger partial charge is 0.226 e. The minimum atomic E-state index is -0.439. The maximum Gasteiger partial charge on any atom is 0.226 e. The molecule has 1 N–H and O–H groups in total. The first-order valence-corrected chi connectivity index (χ1v) is 7.41. The van der Waals surface area contributed by atoms with Crippen molar-refractivity contribution in [3.05, 3.63) is 45.7 Å². The molecule has 0 spiro atoms. The lowest BCUT2D eigenvalue weighted by Crippen LogP contribution is -2.28. The van der Waals surface area contributed by atoms with Crippen molar-refractivity contribution < 1.29 is 13.9 Å². The summed E-state index contributed by atoms with van der Waals surface area (Å²) in [6.07, 6.45) is 0.229. The predicted octanol–water partition coefficient (Wildman–Crippen LogP) is 3.02. The Bertz CT molecular complexity index is 642. The van der Waals surface area contributed by atoms with Crippen LogP contribution in [0.15, 0.2) is 23.6 Å². The van der Waals surface area contributed by atoms with Crippen molar-refractivity contribution in [1.82, 2.24) is 10.3 Å². The SMILES string of the molecule is COc1ccc(C(C)NC(=O)Cc2csc(C)n2)cc1F. The summed E-state index contributed by atoms with van der Waals surface area (Å²) in [5.74, 6) is -0.384. The van der Waals surface area contributed by atoms with Gasteiger partial charge >= 0.3 is 0 Å². The van der Waals surface area contributed by atoms with Crippen LogP contribution in [0.3, 0.4) is 0 Å². The minimum Gasteiger partial charge on any atom is -0.494 e. The van der Waals surface area contributed by atoms with Gasteiger partial charge in [0.1, 0.15) is 0 Å². The molecule has 112 valence electrons. The molecule has 21 heavy (non-hydrogen) atoms. The Morgan fingerprint density at radius 1 is 1.52 bits per heavy atom. The van der Waals surface area contributed by atoms with Gasteiger partial charge in [0.2, 0.25) is 5.91 Å². The minimum absolute atomic E-state index is 0.135. The van der Waals surface area contributed by atoms with Gasteiger partial charge in [-0.1, -0.05) is 6.07 Å². The van der Waals surface area contributed by atoms with Crippen molar-refractivity contribution in [2.45, 2.75) is 26.3 Å². The number of nitrogens with zero attached hydrogens (tertiary/aromatic N) is 1. The molecule has 0 aliphatic heterocycles. The first-order chi connectivity index (χ1) is 9.99. The highest BCUT2D eigenvalue weighted by Crippen LogP contribution is 2.21. The average molecular weight is 308 g/mol. The summed E-state index contributed by atoms with van der Waals surface area (Å²) in [6, 6.07) is 4.38. The Kier molecular flexibility index (Phi) is 4.90. The highest BCUT2D eigenvalue weighted by molar-refractivity contribution is 7.09. The lowest BCUT2D eigenvalue weighted by molar-refractivity contribution is -0.121. The molecule has 0 fully saturated rings. The predicted molar refractivity (Wildman–Crippen MR) is 80.1 cm³/mol. The molecule has 0 bridgehead atoms. The fourth-order valence-corrected chi connectivity index (χ4v) is 2.59. The second-order valence-corrected chi connectivity index (χ2v) is 5.78. The molecule has 1 heterocycles. The van der Waals surface area contributed by atoms with Gasteiger partial charge in [-0.15, -0.1) is 11.3 Å². The Labute approximate surface area is 127 Å². The molecule has 4 nitrogen and oxygen atoms in total. The molecule has 1 aromatic carbocycles. The third-order valence-corrected chi connectivity index (χ3v) is 3.88. The number of amides is 1. The van der Waals surface area contributed by atoms with Crippen molar-refractivity contribution in [1.29, 1.82) is 0 Å². The second-order valence-electron chi connectivity index (χ2n) is 4.72. The van der Waals surface area contributed by atoms with Gasteiger partial charge in [0.25, 0.3) is 0 Å². The maximum atomic E-state index is 13.7. The standard InChI is InChI=1S/C15H17FN2O2S/c1-9(11-4-5-14(20-3)13(16)6-11)17-15(19)7-12-8-21-10(2)18-12/h4-6,8-9H,7H2,1-3H3,(H,17,19). The third-order valence-electron chi connectivity index (χ3n) is 3.06. The largest absolute Gasteiger partial charge is 0.494 e. The zero-order valence-corrected chi connectivity index (χ0v) is 13.0. The number of hydrogen-bond acceptors (Lipinski definition) is 4. The van der Waals surface area contributed by atoms with Gasteiger partial charge in [-0.05, 0) is 31.5 Å². The highest BCUT2D eigenvalue weighted by atomic mass is 32.1. The molecule has 1 unspecified atom stereocenters. The van der Waals surface area contributed by atoms with Crippen molar-refractivity contribution >= 4 is 17.2 Å². The molecular formula is C15H17FN2O2S. The molecule has 0 saturated carbocycles. The van der Waals surface area contributed by atoms with Crippen LogP contribution in [0, 0.1) is 12.7 Å². The Hall–Kier alpha value is -1.95. The summed E-state index contributed by atoms with van der Waals surface area (Å²) in [7, 11) is 1.42. The van der Waals surface area contributed by atoms with Crippen LogP contribution in [0.1, 0.15) is 29.2 Å². The molecule has 2 rings (SSSR count). The first kappa shape index (κ1) is 15.4. The van der Waals surface area contributed by atoms with Gasteiger partial charge in [0, 0.05) is 5.38 Å². The van der Waals surface area contributed by atoms with E-state index in [0.29, 0.717) is 5.56 Å². The normalized spacial score (nSPS) is 12.0. The van der Waals surface area contributed by atoms with E-state index >= 15 is 0 Å². The molecule has 0 aliphatic rings. The van der Waals surface area contributed by atoms with E-state index in [1.54, 1.807) is 12.1 Å². The molecule has 1 amide bonds. The van der Waals surface area contributed by atoms with E-state index in [0.717, 1.165) is 10.7 Å². The van der Waals surface area contributed by atoms with E-state index in [1.807, 2.05) is 19.2 Å². The lowest BCUT2D eigenvalue weighted by Gasteiger charge is -2.15. The van der Waals surface area contributed by atoms with Gasteiger partial charge in [-0.3, -0.25) is 4.79 Å². The van der Waals surface area contributed by atoms with E-state index in [-0.39, 0.29) is 24.1 Å². The van der Waals surface area contributed by atoms with Crippen LogP contribution in [0.5, 0.6) is 5.75 Å². The van der Waals surface area contributed by atoms with E-state index in [4.69, 9.17) is 4.74 Å². The summed E-state index contributed by atoms with van der Waals surface area (Å²) < 4.78 is 18.5. The van der Waals surface area contributed by atoms with E-state index in [9.17, 15) is 9.18 Å². The Morgan fingerprint density at radius 3 is 2.86 bits per heavy atom. The van der Waals surface area contributed by atoms with E-state index < -0.39 is 5.82 Å². The first-order valence-electron chi connectivity index (χ1n) is 6.53. The van der Waals surface area contributed by atoms with Gasteiger partial charge < -0.3 is 10.1 Å². The average Bonchev–Trinajstić information content (AvgIpc) is 2.83. The summed E-state index contributed by atoms with van der Waals surface area (Å²) in [5, 5.41) is 5.64. The van der Waals surface area contributed by atoms with Gasteiger partial charge in [-0.25, -0.2) is 9.37 Å². The molecule has 2 aromatic rings. The van der Waals surface area contributed by atoms with E-state index in [1.165, 1.54) is 24.5 Å². The molecule has 0 radical (unpaired) electrons. The summed E-state index contributed by atoms with van der Waals surface area (Å²) in [4.78, 5) is 16.2. The van der Waals surface area contributed by atoms with Crippen LogP contribution in [0.25, 0.3) is 0 Å². The van der Waals surface area contributed by atoms with E-state index in [2.05, 4.69) is 10.3 Å². The van der Waals surface area contributed by atoms with Crippen LogP contribution in [0.2, 0.25) is 0 Å². The lowest BCUT2D eigenvalue weighted by atomic mass is 10.1. The van der Waals surface area contributed by atoms with Crippen LogP contribution in [0.4, 0.5) is 4.39 Å². The van der Waals surface area contributed by atoms with Gasteiger partial charge in [0.15, 0.2) is 11.6 Å². The number of aromatic nitrogens is 1. The van der Waals surface area contributed by atoms with Crippen LogP contribution in [-0.2, 0) is 11.2 Å². The maximum absolute atomic E-state index is 13.7. The number of aryl methyl sites for hydroxylation is 1. The van der Waals surface area contributed by atoms with Gasteiger partial charge in [-0.2, -0.15) is 0 Å². The monoisotopic (exact) mass is 308 g/mol. The molecule has 1 aromatic heterocycles. The van der Waals surface area contributed by atoms with Gasteiger partial charge in [0.05, 0.1) is 30.3 Å². The quantitative estimate of drug-likeness (QED) is 0.923. The molecule has 0 saturated heterocycles. The fourth-order valence-electron chi connectivity index (χ4n) is 1.98. The number of carbonyl (C=O) groups excluding carboxylic acids is 1. The second kappa shape index (κ2) is 6.67.